The molecule has 2 aromatic carbocycles. The number of aliphatic hydroxyl groups excluding tert-OH is 2. The van der Waals surface area contributed by atoms with Crippen molar-refractivity contribution >= 4 is 34.9 Å². The van der Waals surface area contributed by atoms with E-state index in [0.717, 1.165) is 0 Å². The van der Waals surface area contributed by atoms with Crippen LogP contribution in [0, 0.1) is 28.9 Å². The molecule has 2 aromatic rings. The van der Waals surface area contributed by atoms with E-state index in [1.54, 1.807) is 13.8 Å². The number of phenols is 1. The standard InChI is InChI=1S/C30H30N4O11/c1-11-8-9-14(15(10-11)34(43)44)32-29(41)45-25-17-12(2)13-6-5-7-16(35)18(13)23(36)19(17)26(38)30(42)21(25)22(33(3)4)24(37)20(27(30)39)28(31)40/h5-10,12,17,21-22,25,35,37-38,42H,1-4H3,(H2,31,40)(H,32,41). The fourth-order valence-corrected chi connectivity index (χ4v) is 6.86. The lowest BCUT2D eigenvalue weighted by Crippen LogP contribution is -2.69. The number of fused-ring (bicyclic) bond motifs is 3. The van der Waals surface area contributed by atoms with E-state index >= 15 is 0 Å². The number of nitro benzene ring substituents is 1. The van der Waals surface area contributed by atoms with Crippen molar-refractivity contribution in [2.45, 2.75) is 37.5 Å². The number of ether oxygens (including phenoxy) is 1. The summed E-state index contributed by atoms with van der Waals surface area (Å²) in [5.41, 5.74) is 0.583. The Kier molecular flexibility index (Phi) is 7.41. The van der Waals surface area contributed by atoms with Crippen molar-refractivity contribution < 1.29 is 49.3 Å². The van der Waals surface area contributed by atoms with Crippen LogP contribution >= 0.6 is 0 Å². The fraction of sp³-hybridized carbons (Fsp3) is 0.333. The average Bonchev–Trinajstić information content (AvgIpc) is 2.95. The molecule has 2 amide bonds. The number of likely N-dealkylation sites (N-methyl/N-ethyl adjacent to an activating group) is 1. The maximum Gasteiger partial charge on any atom is 0.412 e. The number of nitrogens with two attached hydrogens (primary N) is 1. The van der Waals surface area contributed by atoms with E-state index in [1.807, 2.05) is 0 Å². The number of primary amides is 1. The van der Waals surface area contributed by atoms with Gasteiger partial charge >= 0.3 is 6.09 Å². The van der Waals surface area contributed by atoms with E-state index < -0.39 is 98.1 Å². The van der Waals surface area contributed by atoms with Gasteiger partial charge in [-0.15, -0.1) is 0 Å². The van der Waals surface area contributed by atoms with Crippen LogP contribution in [0.25, 0.3) is 0 Å². The molecule has 0 saturated carbocycles. The number of ketones is 2. The molecule has 5 rings (SSSR count). The first-order chi connectivity index (χ1) is 21.0. The zero-order chi connectivity index (χ0) is 33.3. The highest BCUT2D eigenvalue weighted by molar-refractivity contribution is 6.25. The molecule has 0 aromatic heterocycles. The molecule has 3 aliphatic rings. The second-order valence-electron chi connectivity index (χ2n) is 11.6. The van der Waals surface area contributed by atoms with Crippen molar-refractivity contribution in [3.05, 3.63) is 85.9 Å². The van der Waals surface area contributed by atoms with Gasteiger partial charge in [-0.3, -0.25) is 34.7 Å². The van der Waals surface area contributed by atoms with Crippen LogP contribution in [0.4, 0.5) is 16.2 Å². The minimum absolute atomic E-state index is 0.218. The Labute approximate surface area is 255 Å². The molecule has 236 valence electrons. The Morgan fingerprint density at radius 2 is 1.80 bits per heavy atom. The molecule has 0 saturated heterocycles. The van der Waals surface area contributed by atoms with E-state index in [-0.39, 0.29) is 11.3 Å². The molecule has 15 heteroatoms. The smallest absolute Gasteiger partial charge is 0.412 e. The molecular formula is C30H30N4O11. The van der Waals surface area contributed by atoms with Crippen molar-refractivity contribution in [2.75, 3.05) is 19.4 Å². The summed E-state index contributed by atoms with van der Waals surface area (Å²) in [7, 11) is 2.84. The number of anilines is 1. The van der Waals surface area contributed by atoms with Gasteiger partial charge in [0.1, 0.15) is 34.6 Å². The molecule has 6 atom stereocenters. The fourth-order valence-electron chi connectivity index (χ4n) is 6.86. The van der Waals surface area contributed by atoms with Crippen molar-refractivity contribution in [2.24, 2.45) is 17.6 Å². The van der Waals surface area contributed by atoms with Crippen molar-refractivity contribution in [3.63, 3.8) is 0 Å². The third-order valence-corrected chi connectivity index (χ3v) is 8.80. The van der Waals surface area contributed by atoms with Crippen LogP contribution in [0.2, 0.25) is 0 Å². The van der Waals surface area contributed by atoms with Gasteiger partial charge in [0.2, 0.25) is 5.78 Å². The number of nitrogens with one attached hydrogen (secondary N) is 1. The molecule has 0 aliphatic heterocycles. The van der Waals surface area contributed by atoms with Crippen LogP contribution in [0.1, 0.15) is 34.3 Å². The number of benzene rings is 2. The summed E-state index contributed by atoms with van der Waals surface area (Å²) in [5, 5.41) is 59.5. The lowest BCUT2D eigenvalue weighted by atomic mass is 9.55. The topological polar surface area (TPSA) is 243 Å². The number of aromatic hydroxyl groups is 1. The van der Waals surface area contributed by atoms with Crippen LogP contribution in [-0.4, -0.2) is 85.7 Å². The van der Waals surface area contributed by atoms with E-state index in [0.29, 0.717) is 11.1 Å². The van der Waals surface area contributed by atoms with Crippen molar-refractivity contribution in [3.8, 4) is 5.75 Å². The highest BCUT2D eigenvalue weighted by Gasteiger charge is 2.68. The third kappa shape index (κ3) is 4.50. The van der Waals surface area contributed by atoms with Gasteiger partial charge in [0.05, 0.1) is 22.4 Å². The summed E-state index contributed by atoms with van der Waals surface area (Å²) in [5.74, 6) is -10.3. The largest absolute Gasteiger partial charge is 0.510 e. The zero-order valence-electron chi connectivity index (χ0n) is 24.5. The van der Waals surface area contributed by atoms with Gasteiger partial charge in [-0.2, -0.15) is 0 Å². The number of carbonyl (C=O) groups excluding carboxylic acids is 4. The predicted octanol–water partition coefficient (Wildman–Crippen LogP) is 2.13. The highest BCUT2D eigenvalue weighted by atomic mass is 16.6. The molecule has 7 N–H and O–H groups in total. The zero-order valence-corrected chi connectivity index (χ0v) is 24.5. The number of phenolic OH excluding ortho intramolecular Hbond substituents is 1. The van der Waals surface area contributed by atoms with Gasteiger partial charge in [-0.05, 0) is 50.2 Å². The lowest BCUT2D eigenvalue weighted by molar-refractivity contribution is -0.384. The van der Waals surface area contributed by atoms with Gasteiger partial charge in [-0.25, -0.2) is 4.79 Å². The first kappa shape index (κ1) is 31.2. The van der Waals surface area contributed by atoms with E-state index in [4.69, 9.17) is 10.5 Å². The monoisotopic (exact) mass is 622 g/mol. The Balaban J connectivity index is 1.75. The first-order valence-corrected chi connectivity index (χ1v) is 13.7. The lowest BCUT2D eigenvalue weighted by Gasteiger charge is -2.54. The second kappa shape index (κ2) is 10.7. The third-order valence-electron chi connectivity index (χ3n) is 8.80. The Hall–Kier alpha value is -5.28. The maximum atomic E-state index is 13.9. The van der Waals surface area contributed by atoms with Crippen LogP contribution in [0.15, 0.2) is 59.1 Å². The Morgan fingerprint density at radius 1 is 1.13 bits per heavy atom. The normalized spacial score (nSPS) is 27.5. The molecule has 15 nitrogen and oxygen atoms in total. The van der Waals surface area contributed by atoms with Crippen molar-refractivity contribution in [1.82, 2.24) is 4.90 Å². The molecule has 6 unspecified atom stereocenters. The summed E-state index contributed by atoms with van der Waals surface area (Å²) in [6, 6.07) is 6.75. The quantitative estimate of drug-likeness (QED) is 0.160. The molecule has 0 bridgehead atoms. The molecule has 0 fully saturated rings. The molecular weight excluding hydrogens is 592 g/mol. The molecule has 3 aliphatic carbocycles. The summed E-state index contributed by atoms with van der Waals surface area (Å²) in [6.07, 6.45) is -2.99. The Bertz CT molecular complexity index is 1760. The number of hydrogen-bond donors (Lipinski definition) is 6. The molecule has 0 spiro atoms. The average molecular weight is 623 g/mol. The van der Waals surface area contributed by atoms with E-state index in [9.17, 15) is 49.7 Å². The van der Waals surface area contributed by atoms with Crippen molar-refractivity contribution in [1.29, 1.82) is 0 Å². The van der Waals surface area contributed by atoms with Crippen LogP contribution < -0.4 is 11.1 Å². The molecule has 45 heavy (non-hydrogen) atoms. The number of nitro groups is 1. The van der Waals surface area contributed by atoms with E-state index in [1.165, 1.54) is 55.4 Å². The van der Waals surface area contributed by atoms with Crippen LogP contribution in [0.3, 0.4) is 0 Å². The van der Waals surface area contributed by atoms with Crippen LogP contribution in [-0.2, 0) is 14.3 Å². The number of amides is 2. The maximum absolute atomic E-state index is 13.9. The van der Waals surface area contributed by atoms with Gasteiger partial charge < -0.3 is 30.9 Å². The number of carbonyl (C=O) groups is 4. The minimum Gasteiger partial charge on any atom is -0.510 e. The summed E-state index contributed by atoms with van der Waals surface area (Å²) >= 11 is 0. The number of Topliss-reactive ketones (excluding diaryl/α,β-unsaturated/α-hetero) is 2. The summed E-state index contributed by atoms with van der Waals surface area (Å²) in [4.78, 5) is 65.8. The SMILES string of the molecule is Cc1ccc(NC(=O)OC2C3C(=C(O)C4(O)C(=O)C(C(N)=O)=C(O)C(N(C)C)C24)C(=O)c2c(O)cccc2C3C)c([N+](=O)[O-])c1. The highest BCUT2D eigenvalue weighted by Crippen LogP contribution is 2.56. The van der Waals surface area contributed by atoms with Gasteiger partial charge in [0.25, 0.3) is 11.6 Å². The number of aryl methyl sites for hydroxylation is 1. The van der Waals surface area contributed by atoms with Gasteiger partial charge in [-0.1, -0.05) is 25.1 Å². The predicted molar refractivity (Wildman–Crippen MR) is 155 cm³/mol. The van der Waals surface area contributed by atoms with E-state index in [2.05, 4.69) is 5.32 Å². The number of hydrogen-bond acceptors (Lipinski definition) is 12. The number of nitrogens with zero attached hydrogens (tertiary/aromatic N) is 2. The minimum atomic E-state index is -3.13. The van der Waals surface area contributed by atoms with Gasteiger partial charge in [0.15, 0.2) is 11.4 Å². The number of rotatable bonds is 5. The first-order valence-electron chi connectivity index (χ1n) is 13.7. The molecule has 0 heterocycles. The summed E-state index contributed by atoms with van der Waals surface area (Å²) < 4.78 is 5.83. The summed E-state index contributed by atoms with van der Waals surface area (Å²) in [6.45, 7) is 3.21. The second-order valence-corrected chi connectivity index (χ2v) is 11.6. The molecule has 0 radical (unpaired) electrons. The number of aliphatic hydroxyl groups is 3. The Morgan fingerprint density at radius 3 is 2.40 bits per heavy atom. The van der Waals surface area contributed by atoms with Crippen LogP contribution in [0.5, 0.6) is 5.75 Å². The van der Waals surface area contributed by atoms with Gasteiger partial charge in [0, 0.05) is 17.6 Å².